The van der Waals surface area contributed by atoms with Crippen LogP contribution < -0.4 is 16.6 Å². The van der Waals surface area contributed by atoms with E-state index in [1.165, 1.54) is 19.1 Å². The van der Waals surface area contributed by atoms with Gasteiger partial charge in [0.25, 0.3) is 5.56 Å². The molecule has 1 aromatic heterocycles. The highest BCUT2D eigenvalue weighted by atomic mass is 35.5. The molecular weight excluding hydrogens is 427 g/mol. The average molecular weight is 445 g/mol. The van der Waals surface area contributed by atoms with Crippen molar-refractivity contribution in [2.75, 3.05) is 18.4 Å². The number of nitrogens with one attached hydrogen (secondary N) is 3. The molecule has 0 aliphatic carbocycles. The number of halogens is 2. The van der Waals surface area contributed by atoms with Crippen molar-refractivity contribution in [1.29, 1.82) is 0 Å². The molecule has 0 radical (unpaired) electrons. The summed E-state index contributed by atoms with van der Waals surface area (Å²) in [5.41, 5.74) is -1.61. The Morgan fingerprint density at radius 1 is 1.31 bits per heavy atom. The third kappa shape index (κ3) is 4.41. The van der Waals surface area contributed by atoms with Crippen molar-refractivity contribution in [3.05, 3.63) is 55.6 Å². The summed E-state index contributed by atoms with van der Waals surface area (Å²) in [5.74, 6) is -1.75. The average Bonchev–Trinajstić information content (AvgIpc) is 2.63. The number of H-pyrrole nitrogens is 2. The van der Waals surface area contributed by atoms with Crippen LogP contribution in [0.2, 0.25) is 5.02 Å². The maximum Gasteiger partial charge on any atom is 0.325 e. The number of anilines is 1. The Kier molecular flexibility index (Phi) is 5.92. The molecule has 1 fully saturated rings. The molecule has 2 heterocycles. The van der Waals surface area contributed by atoms with Gasteiger partial charge in [-0.1, -0.05) is 11.6 Å². The number of aromatic nitrogens is 2. The number of aryl methyl sites for hydroxylation is 1. The van der Waals surface area contributed by atoms with E-state index in [9.17, 15) is 27.2 Å². The van der Waals surface area contributed by atoms with Crippen molar-refractivity contribution in [3.63, 3.8) is 0 Å². The zero-order valence-electron chi connectivity index (χ0n) is 15.3. The number of carbonyl (C=O) groups is 1. The smallest absolute Gasteiger partial charge is 0.325 e. The van der Waals surface area contributed by atoms with Crippen LogP contribution in [-0.4, -0.2) is 41.7 Å². The van der Waals surface area contributed by atoms with E-state index in [1.807, 2.05) is 4.98 Å². The number of hydrogen-bond donors (Lipinski definition) is 3. The van der Waals surface area contributed by atoms with Gasteiger partial charge in [0.15, 0.2) is 4.90 Å². The largest absolute Gasteiger partial charge is 0.326 e. The molecule has 3 rings (SSSR count). The first kappa shape index (κ1) is 21.2. The van der Waals surface area contributed by atoms with Crippen LogP contribution in [0.25, 0.3) is 0 Å². The van der Waals surface area contributed by atoms with E-state index >= 15 is 0 Å². The van der Waals surface area contributed by atoms with Crippen LogP contribution in [0.3, 0.4) is 0 Å². The molecule has 1 saturated heterocycles. The number of benzene rings is 1. The lowest BCUT2D eigenvalue weighted by Crippen LogP contribution is -2.45. The van der Waals surface area contributed by atoms with Crippen LogP contribution in [0.15, 0.2) is 32.7 Å². The zero-order valence-corrected chi connectivity index (χ0v) is 16.9. The van der Waals surface area contributed by atoms with Gasteiger partial charge < -0.3 is 10.3 Å². The molecule has 156 valence electrons. The van der Waals surface area contributed by atoms with E-state index < -0.39 is 43.8 Å². The highest BCUT2D eigenvalue weighted by Gasteiger charge is 2.36. The van der Waals surface area contributed by atoms with Gasteiger partial charge in [-0.25, -0.2) is 17.6 Å². The van der Waals surface area contributed by atoms with Crippen molar-refractivity contribution in [2.45, 2.75) is 24.7 Å². The second-order valence-electron chi connectivity index (χ2n) is 6.68. The van der Waals surface area contributed by atoms with Gasteiger partial charge in [0, 0.05) is 24.5 Å². The maximum absolute atomic E-state index is 13.3. The summed E-state index contributed by atoms with van der Waals surface area (Å²) >= 11 is 5.70. The number of hydrogen-bond acceptors (Lipinski definition) is 5. The van der Waals surface area contributed by atoms with Crippen molar-refractivity contribution < 1.29 is 17.6 Å². The molecule has 1 aliphatic rings. The third-order valence-corrected chi connectivity index (χ3v) is 6.92. The molecule has 0 saturated carbocycles. The van der Waals surface area contributed by atoms with E-state index in [0.717, 1.165) is 10.4 Å². The molecule has 3 N–H and O–H groups in total. The standard InChI is InChI=1S/C17H18ClFN4O5S/c1-9-14(16(25)22-17(26)20-9)29(27,28)23-6-2-3-10(8-23)15(24)21-11-4-5-13(19)12(18)7-11/h4-5,7,10H,2-3,6,8H2,1H3,(H,21,24)(H2,20,22,25,26)/t10-/m1/s1. The molecule has 9 nitrogen and oxygen atoms in total. The Hall–Kier alpha value is -2.50. The number of piperidine rings is 1. The lowest BCUT2D eigenvalue weighted by Gasteiger charge is -2.31. The van der Waals surface area contributed by atoms with E-state index in [4.69, 9.17) is 11.6 Å². The van der Waals surface area contributed by atoms with Crippen molar-refractivity contribution in [3.8, 4) is 0 Å². The summed E-state index contributed by atoms with van der Waals surface area (Å²) in [6.45, 7) is 1.31. The second-order valence-corrected chi connectivity index (χ2v) is 8.96. The number of aromatic amines is 2. The fourth-order valence-corrected chi connectivity index (χ4v) is 5.13. The molecule has 2 aromatic rings. The predicted molar refractivity (Wildman–Crippen MR) is 104 cm³/mol. The van der Waals surface area contributed by atoms with Crippen LogP contribution >= 0.6 is 11.6 Å². The lowest BCUT2D eigenvalue weighted by molar-refractivity contribution is -0.120. The van der Waals surface area contributed by atoms with Gasteiger partial charge in [-0.3, -0.25) is 14.6 Å². The van der Waals surface area contributed by atoms with E-state index in [0.29, 0.717) is 12.8 Å². The number of sulfonamides is 1. The molecule has 0 unspecified atom stereocenters. The molecule has 0 spiro atoms. The van der Waals surface area contributed by atoms with Crippen molar-refractivity contribution >= 4 is 33.2 Å². The Labute approximate surface area is 170 Å². The summed E-state index contributed by atoms with van der Waals surface area (Å²) in [6, 6.07) is 3.72. The van der Waals surface area contributed by atoms with Crippen LogP contribution in [0, 0.1) is 18.7 Å². The number of amides is 1. The first-order valence-corrected chi connectivity index (χ1v) is 10.5. The van der Waals surface area contributed by atoms with Crippen molar-refractivity contribution in [2.24, 2.45) is 5.92 Å². The fourth-order valence-electron chi connectivity index (χ4n) is 3.22. The summed E-state index contributed by atoms with van der Waals surface area (Å²) in [4.78, 5) is 39.6. The molecule has 29 heavy (non-hydrogen) atoms. The van der Waals surface area contributed by atoms with Gasteiger partial charge >= 0.3 is 5.69 Å². The zero-order chi connectivity index (χ0) is 21.3. The molecular formula is C17H18ClFN4O5S. The highest BCUT2D eigenvalue weighted by molar-refractivity contribution is 7.89. The summed E-state index contributed by atoms with van der Waals surface area (Å²) in [7, 11) is -4.22. The van der Waals surface area contributed by atoms with Crippen LogP contribution in [-0.2, 0) is 14.8 Å². The minimum Gasteiger partial charge on any atom is -0.326 e. The van der Waals surface area contributed by atoms with Crippen LogP contribution in [0.1, 0.15) is 18.5 Å². The van der Waals surface area contributed by atoms with E-state index in [1.54, 1.807) is 0 Å². The normalized spacial score (nSPS) is 17.8. The van der Waals surface area contributed by atoms with Crippen LogP contribution in [0.5, 0.6) is 0 Å². The number of carbonyl (C=O) groups excluding carboxylic acids is 1. The fraction of sp³-hybridized carbons (Fsp3) is 0.353. The van der Waals surface area contributed by atoms with Gasteiger partial charge in [0.05, 0.1) is 10.9 Å². The Bertz CT molecular complexity index is 1180. The monoisotopic (exact) mass is 444 g/mol. The Balaban J connectivity index is 1.81. The molecule has 1 atom stereocenters. The quantitative estimate of drug-likeness (QED) is 0.652. The van der Waals surface area contributed by atoms with Gasteiger partial charge in [0.1, 0.15) is 5.82 Å². The first-order chi connectivity index (χ1) is 13.6. The molecule has 1 amide bonds. The van der Waals surface area contributed by atoms with E-state index in [-0.39, 0.29) is 29.5 Å². The minimum absolute atomic E-state index is 0.0775. The summed E-state index contributed by atoms with van der Waals surface area (Å²) < 4.78 is 40.2. The van der Waals surface area contributed by atoms with Crippen molar-refractivity contribution in [1.82, 2.24) is 14.3 Å². The van der Waals surface area contributed by atoms with Gasteiger partial charge in [-0.05, 0) is 38.0 Å². The molecule has 0 bridgehead atoms. The highest BCUT2D eigenvalue weighted by Crippen LogP contribution is 2.25. The second kappa shape index (κ2) is 8.09. The van der Waals surface area contributed by atoms with Gasteiger partial charge in [-0.15, -0.1) is 0 Å². The van der Waals surface area contributed by atoms with E-state index in [2.05, 4.69) is 10.3 Å². The topological polar surface area (TPSA) is 132 Å². The SMILES string of the molecule is Cc1[nH]c(=O)[nH]c(=O)c1S(=O)(=O)N1CCC[C@@H](C(=O)Nc2ccc(F)c(Cl)c2)C1. The third-order valence-electron chi connectivity index (χ3n) is 4.61. The predicted octanol–water partition coefficient (Wildman–Crippen LogP) is 1.20. The molecule has 1 aliphatic heterocycles. The van der Waals surface area contributed by atoms with Gasteiger partial charge in [0.2, 0.25) is 15.9 Å². The number of rotatable bonds is 4. The van der Waals surface area contributed by atoms with Gasteiger partial charge in [-0.2, -0.15) is 4.31 Å². The Morgan fingerprint density at radius 2 is 2.03 bits per heavy atom. The lowest BCUT2D eigenvalue weighted by atomic mass is 9.99. The molecule has 12 heteroatoms. The van der Waals surface area contributed by atoms with Crippen LogP contribution in [0.4, 0.5) is 10.1 Å². The minimum atomic E-state index is -4.22. The summed E-state index contributed by atoms with van der Waals surface area (Å²) in [6.07, 6.45) is 0.843. The first-order valence-electron chi connectivity index (χ1n) is 8.69. The number of nitrogens with zero attached hydrogens (tertiary/aromatic N) is 1. The molecule has 1 aromatic carbocycles. The Morgan fingerprint density at radius 3 is 2.69 bits per heavy atom. The maximum atomic E-state index is 13.3. The summed E-state index contributed by atoms with van der Waals surface area (Å²) in [5, 5.41) is 2.45.